The molecular formula is C17H26N2O2. The molecule has 1 aromatic rings. The molecule has 0 bridgehead atoms. The molecule has 0 unspecified atom stereocenters. The summed E-state index contributed by atoms with van der Waals surface area (Å²) in [7, 11) is 3.58. The van der Waals surface area contributed by atoms with E-state index in [9.17, 15) is 0 Å². The van der Waals surface area contributed by atoms with Gasteiger partial charge in [0.1, 0.15) is 11.5 Å². The molecule has 21 heavy (non-hydrogen) atoms. The Hall–Kier alpha value is -1.26. The van der Waals surface area contributed by atoms with E-state index in [4.69, 9.17) is 9.47 Å². The van der Waals surface area contributed by atoms with Gasteiger partial charge >= 0.3 is 0 Å². The van der Waals surface area contributed by atoms with Crippen molar-refractivity contribution in [2.75, 3.05) is 46.9 Å². The lowest BCUT2D eigenvalue weighted by Crippen LogP contribution is -2.44. The van der Waals surface area contributed by atoms with Crippen molar-refractivity contribution in [2.45, 2.75) is 25.7 Å². The molecule has 0 aromatic heterocycles. The van der Waals surface area contributed by atoms with E-state index < -0.39 is 0 Å². The number of methoxy groups -OCH3 is 2. The zero-order valence-electron chi connectivity index (χ0n) is 13.2. The molecule has 0 spiro atoms. The molecule has 116 valence electrons. The monoisotopic (exact) mass is 290 g/mol. The summed E-state index contributed by atoms with van der Waals surface area (Å²) >= 11 is 0. The summed E-state index contributed by atoms with van der Waals surface area (Å²) in [6.07, 6.45) is 4.49. The Morgan fingerprint density at radius 1 is 1.10 bits per heavy atom. The Morgan fingerprint density at radius 3 is 2.57 bits per heavy atom. The number of piperazine rings is 1. The van der Waals surface area contributed by atoms with Gasteiger partial charge in [-0.3, -0.25) is 0 Å². The van der Waals surface area contributed by atoms with Crippen molar-refractivity contribution in [3.05, 3.63) is 22.8 Å². The normalized spacial score (nSPS) is 18.6. The minimum atomic E-state index is 1.03. The van der Waals surface area contributed by atoms with Gasteiger partial charge in [0.25, 0.3) is 0 Å². The van der Waals surface area contributed by atoms with Crippen molar-refractivity contribution >= 4 is 0 Å². The molecule has 4 nitrogen and oxygen atoms in total. The quantitative estimate of drug-likeness (QED) is 0.894. The highest BCUT2D eigenvalue weighted by molar-refractivity contribution is 5.55. The number of nitrogens with zero attached hydrogens (tertiary/aromatic N) is 1. The first-order chi connectivity index (χ1) is 10.3. The number of hydrogen-bond donors (Lipinski definition) is 1. The van der Waals surface area contributed by atoms with Gasteiger partial charge in [-0.05, 0) is 37.3 Å². The predicted octanol–water partition coefficient (Wildman–Crippen LogP) is 1.64. The third kappa shape index (κ3) is 3.01. The molecule has 1 aromatic carbocycles. The van der Waals surface area contributed by atoms with Crippen LogP contribution in [0.15, 0.2) is 6.07 Å². The highest BCUT2D eigenvalue weighted by Crippen LogP contribution is 2.40. The third-order valence-electron chi connectivity index (χ3n) is 4.72. The molecular weight excluding hydrogens is 264 g/mol. The number of fused-ring (bicyclic) bond motifs is 1. The summed E-state index contributed by atoms with van der Waals surface area (Å²) in [5.41, 5.74) is 4.04. The summed E-state index contributed by atoms with van der Waals surface area (Å²) < 4.78 is 11.4. The van der Waals surface area contributed by atoms with Gasteiger partial charge < -0.3 is 19.7 Å². The average Bonchev–Trinajstić information content (AvgIpc) is 3.02. The van der Waals surface area contributed by atoms with Crippen LogP contribution in [-0.4, -0.2) is 51.8 Å². The zero-order chi connectivity index (χ0) is 14.7. The van der Waals surface area contributed by atoms with Crippen LogP contribution in [-0.2, 0) is 19.3 Å². The third-order valence-corrected chi connectivity index (χ3v) is 4.72. The van der Waals surface area contributed by atoms with Crippen LogP contribution < -0.4 is 14.8 Å². The minimum absolute atomic E-state index is 1.03. The molecule has 0 saturated carbocycles. The number of benzene rings is 1. The summed E-state index contributed by atoms with van der Waals surface area (Å²) in [5.74, 6) is 2.16. The number of ether oxygens (including phenoxy) is 2. The van der Waals surface area contributed by atoms with Crippen molar-refractivity contribution in [2.24, 2.45) is 0 Å². The fourth-order valence-corrected chi connectivity index (χ4v) is 3.61. The standard InChI is InChI=1S/C17H26N2O2/c1-20-16-12-13(6-9-19-10-7-18-8-11-19)17(21-2)15-5-3-4-14(15)16/h12,18H,3-11H2,1-2H3. The average molecular weight is 290 g/mol. The Labute approximate surface area is 127 Å². The van der Waals surface area contributed by atoms with E-state index in [0.717, 1.165) is 63.5 Å². The van der Waals surface area contributed by atoms with Crippen molar-refractivity contribution < 1.29 is 9.47 Å². The lowest BCUT2D eigenvalue weighted by molar-refractivity contribution is 0.243. The number of hydrogen-bond acceptors (Lipinski definition) is 4. The van der Waals surface area contributed by atoms with E-state index in [-0.39, 0.29) is 0 Å². The molecule has 1 aliphatic heterocycles. The van der Waals surface area contributed by atoms with Gasteiger partial charge in [0.15, 0.2) is 0 Å². The van der Waals surface area contributed by atoms with Crippen LogP contribution in [0.3, 0.4) is 0 Å². The Morgan fingerprint density at radius 2 is 1.86 bits per heavy atom. The van der Waals surface area contributed by atoms with Crippen LogP contribution in [0.2, 0.25) is 0 Å². The Balaban J connectivity index is 1.80. The lowest BCUT2D eigenvalue weighted by atomic mass is 10.0. The maximum atomic E-state index is 5.74. The second kappa shape index (κ2) is 6.67. The largest absolute Gasteiger partial charge is 0.496 e. The zero-order valence-corrected chi connectivity index (χ0v) is 13.2. The smallest absolute Gasteiger partial charge is 0.125 e. The van der Waals surface area contributed by atoms with Gasteiger partial charge in [0.05, 0.1) is 14.2 Å². The van der Waals surface area contributed by atoms with Gasteiger partial charge in [0, 0.05) is 43.9 Å². The molecule has 0 radical (unpaired) electrons. The maximum Gasteiger partial charge on any atom is 0.125 e. The van der Waals surface area contributed by atoms with E-state index in [1.54, 1.807) is 14.2 Å². The predicted molar refractivity (Wildman–Crippen MR) is 84.6 cm³/mol. The molecule has 0 amide bonds. The molecule has 1 saturated heterocycles. The fraction of sp³-hybridized carbons (Fsp3) is 0.647. The molecule has 4 heteroatoms. The molecule has 1 aliphatic carbocycles. The van der Waals surface area contributed by atoms with E-state index in [1.807, 2.05) is 0 Å². The lowest BCUT2D eigenvalue weighted by Gasteiger charge is -2.27. The Kier molecular flexibility index (Phi) is 4.66. The van der Waals surface area contributed by atoms with Crippen LogP contribution in [0.4, 0.5) is 0 Å². The molecule has 1 heterocycles. The van der Waals surface area contributed by atoms with Crippen LogP contribution in [0.1, 0.15) is 23.1 Å². The van der Waals surface area contributed by atoms with Crippen molar-refractivity contribution in [1.29, 1.82) is 0 Å². The van der Waals surface area contributed by atoms with Crippen LogP contribution in [0.25, 0.3) is 0 Å². The van der Waals surface area contributed by atoms with Crippen LogP contribution >= 0.6 is 0 Å². The van der Waals surface area contributed by atoms with E-state index >= 15 is 0 Å². The maximum absolute atomic E-state index is 5.74. The fourth-order valence-electron chi connectivity index (χ4n) is 3.61. The summed E-state index contributed by atoms with van der Waals surface area (Å²) in [6, 6.07) is 2.20. The van der Waals surface area contributed by atoms with Crippen molar-refractivity contribution in [3.63, 3.8) is 0 Å². The van der Waals surface area contributed by atoms with Crippen LogP contribution in [0.5, 0.6) is 11.5 Å². The molecule has 2 aliphatic rings. The van der Waals surface area contributed by atoms with Crippen molar-refractivity contribution in [3.8, 4) is 11.5 Å². The SMILES string of the molecule is COc1cc(CCN2CCNCC2)c(OC)c2c1CCC2. The summed E-state index contributed by atoms with van der Waals surface area (Å²) in [5, 5.41) is 3.40. The second-order valence-electron chi connectivity index (χ2n) is 5.92. The number of rotatable bonds is 5. The second-order valence-corrected chi connectivity index (χ2v) is 5.92. The highest BCUT2D eigenvalue weighted by Gasteiger charge is 2.23. The minimum Gasteiger partial charge on any atom is -0.496 e. The van der Waals surface area contributed by atoms with Gasteiger partial charge in [-0.25, -0.2) is 0 Å². The van der Waals surface area contributed by atoms with E-state index in [2.05, 4.69) is 16.3 Å². The molecule has 3 rings (SSSR count). The van der Waals surface area contributed by atoms with Gasteiger partial charge in [0.2, 0.25) is 0 Å². The summed E-state index contributed by atoms with van der Waals surface area (Å²) in [6.45, 7) is 5.59. The highest BCUT2D eigenvalue weighted by atomic mass is 16.5. The first-order valence-corrected chi connectivity index (χ1v) is 8.02. The molecule has 1 N–H and O–H groups in total. The summed E-state index contributed by atoms with van der Waals surface area (Å²) in [4.78, 5) is 2.52. The molecule has 0 atom stereocenters. The van der Waals surface area contributed by atoms with Crippen molar-refractivity contribution in [1.82, 2.24) is 10.2 Å². The van der Waals surface area contributed by atoms with Gasteiger partial charge in [-0.2, -0.15) is 0 Å². The van der Waals surface area contributed by atoms with E-state index in [1.165, 1.54) is 23.1 Å². The number of nitrogens with one attached hydrogen (secondary N) is 1. The van der Waals surface area contributed by atoms with Gasteiger partial charge in [-0.15, -0.1) is 0 Å². The van der Waals surface area contributed by atoms with Crippen LogP contribution in [0, 0.1) is 0 Å². The topological polar surface area (TPSA) is 33.7 Å². The van der Waals surface area contributed by atoms with Gasteiger partial charge in [-0.1, -0.05) is 0 Å². The molecule has 1 fully saturated rings. The van der Waals surface area contributed by atoms with E-state index in [0.29, 0.717) is 0 Å². The Bertz CT molecular complexity index is 496. The first kappa shape index (κ1) is 14.7. The first-order valence-electron chi connectivity index (χ1n) is 8.02.